The SMILES string of the molecule is CC(N(C)S(=O)(=O)N(C)CCCO)C(C)(C)C. The largest absolute Gasteiger partial charge is 0.396 e. The van der Waals surface area contributed by atoms with Gasteiger partial charge in [-0.05, 0) is 18.8 Å². The molecule has 0 aromatic carbocycles. The Balaban J connectivity index is 4.82. The smallest absolute Gasteiger partial charge is 0.281 e. The van der Waals surface area contributed by atoms with E-state index < -0.39 is 10.2 Å². The molecule has 1 unspecified atom stereocenters. The van der Waals surface area contributed by atoms with Crippen molar-refractivity contribution < 1.29 is 13.5 Å². The lowest BCUT2D eigenvalue weighted by atomic mass is 9.88. The van der Waals surface area contributed by atoms with Crippen molar-refractivity contribution in [2.24, 2.45) is 5.41 Å². The quantitative estimate of drug-likeness (QED) is 0.777. The molecule has 0 bridgehead atoms. The van der Waals surface area contributed by atoms with Crippen LogP contribution in [0.2, 0.25) is 0 Å². The summed E-state index contributed by atoms with van der Waals surface area (Å²) in [4.78, 5) is 0. The highest BCUT2D eigenvalue weighted by Gasteiger charge is 2.33. The summed E-state index contributed by atoms with van der Waals surface area (Å²) < 4.78 is 27.1. The molecule has 6 heteroatoms. The van der Waals surface area contributed by atoms with E-state index in [2.05, 4.69) is 0 Å². The van der Waals surface area contributed by atoms with Gasteiger partial charge >= 0.3 is 0 Å². The summed E-state index contributed by atoms with van der Waals surface area (Å²) in [5, 5.41) is 8.72. The number of aliphatic hydroxyl groups is 1. The van der Waals surface area contributed by atoms with Crippen LogP contribution in [-0.2, 0) is 10.2 Å². The minimum atomic E-state index is -3.44. The van der Waals surface area contributed by atoms with E-state index >= 15 is 0 Å². The lowest BCUT2D eigenvalue weighted by Crippen LogP contribution is -2.48. The summed E-state index contributed by atoms with van der Waals surface area (Å²) in [7, 11) is -0.302. The summed E-state index contributed by atoms with van der Waals surface area (Å²) in [5.74, 6) is 0. The second-order valence-corrected chi connectivity index (χ2v) is 7.56. The standard InChI is InChI=1S/C11H26N2O3S/c1-10(11(2,3)4)13(6)17(15,16)12(5)8-7-9-14/h10,14H,7-9H2,1-6H3. The van der Waals surface area contributed by atoms with E-state index in [-0.39, 0.29) is 18.1 Å². The number of rotatable bonds is 6. The third-order valence-electron chi connectivity index (χ3n) is 3.19. The lowest BCUT2D eigenvalue weighted by molar-refractivity contribution is 0.205. The summed E-state index contributed by atoms with van der Waals surface area (Å²) in [5.41, 5.74) is -0.111. The van der Waals surface area contributed by atoms with E-state index in [1.165, 1.54) is 15.7 Å². The van der Waals surface area contributed by atoms with Crippen molar-refractivity contribution in [3.63, 3.8) is 0 Å². The Labute approximate surface area is 106 Å². The molecular formula is C11H26N2O3S. The minimum Gasteiger partial charge on any atom is -0.396 e. The van der Waals surface area contributed by atoms with Crippen LogP contribution in [0.3, 0.4) is 0 Å². The maximum Gasteiger partial charge on any atom is 0.281 e. The third kappa shape index (κ3) is 4.54. The Kier molecular flexibility index (Phi) is 6.07. The van der Waals surface area contributed by atoms with Gasteiger partial charge in [0.2, 0.25) is 0 Å². The molecule has 0 aliphatic carbocycles. The number of nitrogens with zero attached hydrogens (tertiary/aromatic N) is 2. The second kappa shape index (κ2) is 6.13. The van der Waals surface area contributed by atoms with Gasteiger partial charge in [0.25, 0.3) is 10.2 Å². The molecule has 0 radical (unpaired) electrons. The molecule has 0 spiro atoms. The Hall–Kier alpha value is -0.170. The molecule has 0 fully saturated rings. The van der Waals surface area contributed by atoms with E-state index in [1.54, 1.807) is 7.05 Å². The molecule has 0 saturated heterocycles. The molecule has 0 aliphatic rings. The molecule has 0 aromatic heterocycles. The van der Waals surface area contributed by atoms with Crippen molar-refractivity contribution in [2.45, 2.75) is 40.2 Å². The molecule has 1 atom stereocenters. The van der Waals surface area contributed by atoms with Gasteiger partial charge in [-0.15, -0.1) is 0 Å². The third-order valence-corrected chi connectivity index (χ3v) is 5.20. The molecule has 0 saturated carbocycles. The first-order valence-corrected chi connectivity index (χ1v) is 7.25. The van der Waals surface area contributed by atoms with Gasteiger partial charge in [0.15, 0.2) is 0 Å². The molecule has 104 valence electrons. The van der Waals surface area contributed by atoms with Crippen molar-refractivity contribution in [3.8, 4) is 0 Å². The number of aliphatic hydroxyl groups excluding tert-OH is 1. The van der Waals surface area contributed by atoms with Gasteiger partial charge < -0.3 is 5.11 Å². The average molecular weight is 266 g/mol. The molecular weight excluding hydrogens is 240 g/mol. The van der Waals surface area contributed by atoms with Crippen LogP contribution in [0.15, 0.2) is 0 Å². The lowest BCUT2D eigenvalue weighted by Gasteiger charge is -2.36. The summed E-state index contributed by atoms with van der Waals surface area (Å²) >= 11 is 0. The number of hydrogen-bond donors (Lipinski definition) is 1. The van der Waals surface area contributed by atoms with Gasteiger partial charge in [0.1, 0.15) is 0 Å². The number of hydrogen-bond acceptors (Lipinski definition) is 3. The first kappa shape index (κ1) is 16.8. The topological polar surface area (TPSA) is 60.9 Å². The van der Waals surface area contributed by atoms with Crippen LogP contribution in [0.25, 0.3) is 0 Å². The van der Waals surface area contributed by atoms with Crippen LogP contribution < -0.4 is 0 Å². The molecule has 1 N–H and O–H groups in total. The van der Waals surface area contributed by atoms with Crippen molar-refractivity contribution in [1.82, 2.24) is 8.61 Å². The fraction of sp³-hybridized carbons (Fsp3) is 1.00. The Morgan fingerprint density at radius 2 is 1.71 bits per heavy atom. The molecule has 0 amide bonds. The molecule has 5 nitrogen and oxygen atoms in total. The average Bonchev–Trinajstić information content (AvgIpc) is 2.22. The zero-order chi connectivity index (χ0) is 13.9. The van der Waals surface area contributed by atoms with Crippen LogP contribution in [0, 0.1) is 5.41 Å². The van der Waals surface area contributed by atoms with Crippen molar-refractivity contribution in [1.29, 1.82) is 0 Å². The van der Waals surface area contributed by atoms with Gasteiger partial charge in [-0.2, -0.15) is 17.0 Å². The van der Waals surface area contributed by atoms with Crippen LogP contribution in [-0.4, -0.2) is 55.4 Å². The van der Waals surface area contributed by atoms with Crippen molar-refractivity contribution >= 4 is 10.2 Å². The van der Waals surface area contributed by atoms with Gasteiger partial charge in [-0.1, -0.05) is 20.8 Å². The van der Waals surface area contributed by atoms with Crippen LogP contribution in [0.5, 0.6) is 0 Å². The van der Waals surface area contributed by atoms with Crippen molar-refractivity contribution in [3.05, 3.63) is 0 Å². The Morgan fingerprint density at radius 3 is 2.06 bits per heavy atom. The Bertz CT molecular complexity index is 322. The zero-order valence-electron chi connectivity index (χ0n) is 11.8. The highest BCUT2D eigenvalue weighted by atomic mass is 32.2. The van der Waals surface area contributed by atoms with Gasteiger partial charge in [0.05, 0.1) is 0 Å². The predicted molar refractivity (Wildman–Crippen MR) is 69.9 cm³/mol. The predicted octanol–water partition coefficient (Wildman–Crippen LogP) is 0.912. The normalized spacial score (nSPS) is 15.6. The first-order chi connectivity index (χ1) is 7.55. The van der Waals surface area contributed by atoms with Gasteiger partial charge in [-0.3, -0.25) is 0 Å². The van der Waals surface area contributed by atoms with Gasteiger partial charge in [-0.25, -0.2) is 0 Å². The van der Waals surface area contributed by atoms with E-state index in [0.29, 0.717) is 13.0 Å². The Morgan fingerprint density at radius 1 is 1.24 bits per heavy atom. The first-order valence-electron chi connectivity index (χ1n) is 5.85. The minimum absolute atomic E-state index is 0.00159. The molecule has 0 rings (SSSR count). The van der Waals surface area contributed by atoms with Crippen LogP contribution in [0.1, 0.15) is 34.1 Å². The molecule has 0 heterocycles. The zero-order valence-corrected chi connectivity index (χ0v) is 12.6. The van der Waals surface area contributed by atoms with E-state index in [4.69, 9.17) is 5.11 Å². The highest BCUT2D eigenvalue weighted by Crippen LogP contribution is 2.25. The molecule has 0 aromatic rings. The van der Waals surface area contributed by atoms with Crippen LogP contribution in [0.4, 0.5) is 0 Å². The fourth-order valence-corrected chi connectivity index (χ4v) is 2.89. The summed E-state index contributed by atoms with van der Waals surface area (Å²) in [6, 6.07) is -0.0934. The van der Waals surface area contributed by atoms with Crippen molar-refractivity contribution in [2.75, 3.05) is 27.2 Å². The van der Waals surface area contributed by atoms with E-state index in [9.17, 15) is 8.42 Å². The molecule has 17 heavy (non-hydrogen) atoms. The summed E-state index contributed by atoms with van der Waals surface area (Å²) in [6.07, 6.45) is 0.452. The van der Waals surface area contributed by atoms with E-state index in [1.807, 2.05) is 27.7 Å². The molecule has 0 aliphatic heterocycles. The highest BCUT2D eigenvalue weighted by molar-refractivity contribution is 7.86. The van der Waals surface area contributed by atoms with E-state index in [0.717, 1.165) is 0 Å². The van der Waals surface area contributed by atoms with Gasteiger partial charge in [0, 0.05) is 33.3 Å². The second-order valence-electron chi connectivity index (χ2n) is 5.46. The fourth-order valence-electron chi connectivity index (χ4n) is 1.37. The summed E-state index contributed by atoms with van der Waals surface area (Å²) in [6.45, 7) is 8.27. The monoisotopic (exact) mass is 266 g/mol. The maximum absolute atomic E-state index is 12.2. The van der Waals surface area contributed by atoms with Crippen LogP contribution >= 0.6 is 0 Å². The maximum atomic E-state index is 12.2.